The highest BCUT2D eigenvalue weighted by Crippen LogP contribution is 2.27. The highest BCUT2D eigenvalue weighted by molar-refractivity contribution is 5.68. The van der Waals surface area contributed by atoms with E-state index in [0.29, 0.717) is 11.8 Å². The molecule has 2 unspecified atom stereocenters. The lowest BCUT2D eigenvalue weighted by molar-refractivity contribution is 0.0490. The van der Waals surface area contributed by atoms with Crippen LogP contribution in [0.3, 0.4) is 0 Å². The first-order valence-corrected chi connectivity index (χ1v) is 8.54. The van der Waals surface area contributed by atoms with Crippen LogP contribution in [0, 0.1) is 11.8 Å². The molecule has 0 aromatic heterocycles. The second-order valence-electron chi connectivity index (χ2n) is 7.82. The van der Waals surface area contributed by atoms with E-state index in [1.807, 2.05) is 26.8 Å². The topological polar surface area (TPSA) is 41.6 Å². The van der Waals surface area contributed by atoms with Crippen LogP contribution in [0.1, 0.15) is 41.0 Å². The van der Waals surface area contributed by atoms with Gasteiger partial charge in [0.1, 0.15) is 5.60 Å². The smallest absolute Gasteiger partial charge is 0.407 e. The molecule has 0 radical (unpaired) electrons. The maximum Gasteiger partial charge on any atom is 0.407 e. The van der Waals surface area contributed by atoms with Gasteiger partial charge in [-0.2, -0.15) is 0 Å². The molecule has 4 heteroatoms. The van der Waals surface area contributed by atoms with E-state index in [4.69, 9.17) is 4.74 Å². The van der Waals surface area contributed by atoms with Crippen molar-refractivity contribution in [2.24, 2.45) is 11.8 Å². The Kier molecular flexibility index (Phi) is 5.55. The Labute approximate surface area is 140 Å². The van der Waals surface area contributed by atoms with Gasteiger partial charge in [0.25, 0.3) is 0 Å². The van der Waals surface area contributed by atoms with Crippen molar-refractivity contribution in [3.8, 4) is 0 Å². The number of hydrogen-bond acceptors (Lipinski definition) is 3. The second-order valence-corrected chi connectivity index (χ2v) is 7.82. The van der Waals surface area contributed by atoms with E-state index in [-0.39, 0.29) is 12.1 Å². The highest BCUT2D eigenvalue weighted by atomic mass is 16.6. The normalized spacial score (nSPS) is 22.1. The Morgan fingerprint density at radius 1 is 1.22 bits per heavy atom. The predicted molar refractivity (Wildman–Crippen MR) is 94.8 cm³/mol. The molecule has 2 rings (SSSR count). The Hall–Kier alpha value is -1.71. The van der Waals surface area contributed by atoms with Gasteiger partial charge in [-0.05, 0) is 51.2 Å². The Morgan fingerprint density at radius 2 is 1.87 bits per heavy atom. The van der Waals surface area contributed by atoms with Crippen molar-refractivity contribution >= 4 is 11.8 Å². The summed E-state index contributed by atoms with van der Waals surface area (Å²) in [6.07, 6.45) is 0.681. The average molecular weight is 318 g/mol. The molecule has 1 fully saturated rings. The molecular formula is C19H30N2O2. The van der Waals surface area contributed by atoms with Gasteiger partial charge in [-0.1, -0.05) is 32.0 Å². The van der Waals surface area contributed by atoms with E-state index in [1.54, 1.807) is 0 Å². The van der Waals surface area contributed by atoms with Gasteiger partial charge in [0, 0.05) is 18.8 Å². The molecule has 2 atom stereocenters. The summed E-state index contributed by atoms with van der Waals surface area (Å²) in [4.78, 5) is 14.5. The van der Waals surface area contributed by atoms with Crippen LogP contribution < -0.4 is 10.2 Å². The molecule has 0 aliphatic carbocycles. The number of anilines is 1. The van der Waals surface area contributed by atoms with Crippen LogP contribution in [0.25, 0.3) is 0 Å². The predicted octanol–water partition coefficient (Wildman–Crippen LogP) is 4.06. The molecule has 1 saturated heterocycles. The summed E-state index contributed by atoms with van der Waals surface area (Å²) in [6, 6.07) is 10.5. The number of amides is 1. The van der Waals surface area contributed by atoms with Crippen molar-refractivity contribution in [2.45, 2.75) is 52.7 Å². The molecule has 1 amide bonds. The molecule has 0 saturated carbocycles. The molecular weight excluding hydrogens is 288 g/mol. The Balaban J connectivity index is 2.05. The van der Waals surface area contributed by atoms with E-state index in [2.05, 4.69) is 48.3 Å². The summed E-state index contributed by atoms with van der Waals surface area (Å²) in [5, 5.41) is 3.06. The zero-order valence-corrected chi connectivity index (χ0v) is 15.0. The maximum absolute atomic E-state index is 12.1. The van der Waals surface area contributed by atoms with Gasteiger partial charge >= 0.3 is 6.09 Å². The van der Waals surface area contributed by atoms with E-state index in [9.17, 15) is 4.79 Å². The number of benzene rings is 1. The molecule has 1 heterocycles. The standard InChI is InChI=1S/C19H30N2O2/c1-14(2)15-11-16(20-18(22)23-19(3,4)5)13-21(12-15)17-9-7-6-8-10-17/h6-10,14-16H,11-13H2,1-5H3,(H,20,22). The molecule has 1 aromatic carbocycles. The monoisotopic (exact) mass is 318 g/mol. The van der Waals surface area contributed by atoms with Crippen LogP contribution >= 0.6 is 0 Å². The van der Waals surface area contributed by atoms with Gasteiger partial charge < -0.3 is 15.0 Å². The lowest BCUT2D eigenvalue weighted by Crippen LogP contribution is -2.52. The van der Waals surface area contributed by atoms with Crippen molar-refractivity contribution in [2.75, 3.05) is 18.0 Å². The van der Waals surface area contributed by atoms with E-state index >= 15 is 0 Å². The number of ether oxygens (including phenoxy) is 1. The molecule has 1 N–H and O–H groups in total. The largest absolute Gasteiger partial charge is 0.444 e. The highest BCUT2D eigenvalue weighted by Gasteiger charge is 2.31. The van der Waals surface area contributed by atoms with Gasteiger partial charge in [0.15, 0.2) is 0 Å². The second kappa shape index (κ2) is 7.24. The number of alkyl carbamates (subject to hydrolysis) is 1. The first-order valence-electron chi connectivity index (χ1n) is 8.54. The van der Waals surface area contributed by atoms with Gasteiger partial charge in [0.05, 0.1) is 6.04 Å². The first-order chi connectivity index (χ1) is 10.7. The van der Waals surface area contributed by atoms with Crippen LogP contribution in [-0.2, 0) is 4.74 Å². The minimum atomic E-state index is -0.463. The van der Waals surface area contributed by atoms with Crippen LogP contribution in [0.4, 0.5) is 10.5 Å². The molecule has 1 aliphatic rings. The van der Waals surface area contributed by atoms with E-state index < -0.39 is 5.60 Å². The lowest BCUT2D eigenvalue weighted by atomic mass is 9.85. The van der Waals surface area contributed by atoms with Crippen molar-refractivity contribution in [3.63, 3.8) is 0 Å². The number of carbonyl (C=O) groups is 1. The molecule has 1 aliphatic heterocycles. The third-order valence-corrected chi connectivity index (χ3v) is 4.27. The van der Waals surface area contributed by atoms with Gasteiger partial charge in [-0.25, -0.2) is 4.79 Å². The van der Waals surface area contributed by atoms with Crippen LogP contribution in [0.2, 0.25) is 0 Å². The molecule has 23 heavy (non-hydrogen) atoms. The Bertz CT molecular complexity index is 508. The zero-order valence-electron chi connectivity index (χ0n) is 15.0. The lowest BCUT2D eigenvalue weighted by Gasteiger charge is -2.41. The van der Waals surface area contributed by atoms with Crippen molar-refractivity contribution in [3.05, 3.63) is 30.3 Å². The van der Waals surface area contributed by atoms with Crippen LogP contribution in [0.15, 0.2) is 30.3 Å². The minimum absolute atomic E-state index is 0.117. The molecule has 1 aromatic rings. The number of rotatable bonds is 3. The first kappa shape index (κ1) is 17.6. The van der Waals surface area contributed by atoms with Crippen LogP contribution in [0.5, 0.6) is 0 Å². The summed E-state index contributed by atoms with van der Waals surface area (Å²) in [6.45, 7) is 12.0. The van der Waals surface area contributed by atoms with Crippen molar-refractivity contribution in [1.82, 2.24) is 5.32 Å². The third kappa shape index (κ3) is 5.45. The third-order valence-electron chi connectivity index (χ3n) is 4.27. The number of carbonyl (C=O) groups excluding carboxylic acids is 1. The summed E-state index contributed by atoms with van der Waals surface area (Å²) in [5.74, 6) is 1.15. The van der Waals surface area contributed by atoms with Gasteiger partial charge in [-0.15, -0.1) is 0 Å². The van der Waals surface area contributed by atoms with Crippen molar-refractivity contribution in [1.29, 1.82) is 0 Å². The molecule has 128 valence electrons. The fraction of sp³-hybridized carbons (Fsp3) is 0.632. The van der Waals surface area contributed by atoms with E-state index in [1.165, 1.54) is 5.69 Å². The zero-order chi connectivity index (χ0) is 17.0. The van der Waals surface area contributed by atoms with Crippen molar-refractivity contribution < 1.29 is 9.53 Å². The van der Waals surface area contributed by atoms with Crippen LogP contribution in [-0.4, -0.2) is 30.8 Å². The fourth-order valence-corrected chi connectivity index (χ4v) is 3.05. The minimum Gasteiger partial charge on any atom is -0.444 e. The number of para-hydroxylation sites is 1. The molecule has 0 spiro atoms. The summed E-state index contributed by atoms with van der Waals surface area (Å²) < 4.78 is 5.41. The summed E-state index contributed by atoms with van der Waals surface area (Å²) in [7, 11) is 0. The van der Waals surface area contributed by atoms with Gasteiger partial charge in [-0.3, -0.25) is 0 Å². The molecule has 4 nitrogen and oxygen atoms in total. The quantitative estimate of drug-likeness (QED) is 0.913. The van der Waals surface area contributed by atoms with E-state index in [0.717, 1.165) is 19.5 Å². The fourth-order valence-electron chi connectivity index (χ4n) is 3.05. The SMILES string of the molecule is CC(C)C1CC(NC(=O)OC(C)(C)C)CN(c2ccccc2)C1. The number of nitrogens with zero attached hydrogens (tertiary/aromatic N) is 1. The van der Waals surface area contributed by atoms with Gasteiger partial charge in [0.2, 0.25) is 0 Å². The summed E-state index contributed by atoms with van der Waals surface area (Å²) >= 11 is 0. The Morgan fingerprint density at radius 3 is 2.43 bits per heavy atom. The number of hydrogen-bond donors (Lipinski definition) is 1. The summed E-state index contributed by atoms with van der Waals surface area (Å²) in [5.41, 5.74) is 0.754. The molecule has 0 bridgehead atoms. The number of piperidine rings is 1. The maximum atomic E-state index is 12.1. The average Bonchev–Trinajstić information content (AvgIpc) is 2.45. The number of nitrogens with one attached hydrogen (secondary N) is 1.